The number of carbonyl (C=O) groups is 1. The van der Waals surface area contributed by atoms with E-state index in [0.717, 1.165) is 5.56 Å². The first kappa shape index (κ1) is 11.3. The van der Waals surface area contributed by atoms with Crippen molar-refractivity contribution in [2.45, 2.75) is 6.54 Å². The summed E-state index contributed by atoms with van der Waals surface area (Å²) < 4.78 is 1.50. The van der Waals surface area contributed by atoms with Crippen LogP contribution >= 0.6 is 0 Å². The Morgan fingerprint density at radius 3 is 2.59 bits per heavy atom. The predicted molar refractivity (Wildman–Crippen MR) is 61.7 cm³/mol. The van der Waals surface area contributed by atoms with Crippen LogP contribution in [0.5, 0.6) is 0 Å². The Morgan fingerprint density at radius 2 is 2.00 bits per heavy atom. The molecule has 0 unspecified atom stereocenters. The Morgan fingerprint density at radius 1 is 1.29 bits per heavy atom. The molecule has 2 rings (SSSR count). The van der Waals surface area contributed by atoms with Crippen LogP contribution in [0.3, 0.4) is 0 Å². The molecule has 88 valence electrons. The Balaban J connectivity index is 2.56. The molecule has 0 spiro atoms. The van der Waals surface area contributed by atoms with Crippen molar-refractivity contribution in [2.75, 3.05) is 6.61 Å². The van der Waals surface area contributed by atoms with Gasteiger partial charge in [-0.25, -0.2) is 4.79 Å². The molecule has 5 nitrogen and oxygen atoms in total. The molecule has 2 aromatic rings. The van der Waals surface area contributed by atoms with Gasteiger partial charge in [-0.15, -0.1) is 0 Å². The molecule has 0 radical (unpaired) electrons. The maximum atomic E-state index is 11.1. The molecule has 0 amide bonds. The molecular formula is C12H12N2O3. The van der Waals surface area contributed by atoms with Gasteiger partial charge in [0.2, 0.25) is 0 Å². The molecular weight excluding hydrogens is 220 g/mol. The van der Waals surface area contributed by atoms with Gasteiger partial charge in [-0.05, 0) is 0 Å². The number of aliphatic hydroxyl groups excluding tert-OH is 1. The van der Waals surface area contributed by atoms with Crippen LogP contribution in [-0.2, 0) is 6.54 Å². The molecule has 0 bridgehead atoms. The summed E-state index contributed by atoms with van der Waals surface area (Å²) in [6.45, 7) is 0.193. The molecule has 0 fully saturated rings. The zero-order valence-electron chi connectivity index (χ0n) is 9.08. The fourth-order valence-corrected chi connectivity index (χ4v) is 1.71. The van der Waals surface area contributed by atoms with Crippen LogP contribution in [0.1, 0.15) is 10.4 Å². The quantitative estimate of drug-likeness (QED) is 0.831. The third-order valence-electron chi connectivity index (χ3n) is 2.43. The van der Waals surface area contributed by atoms with Gasteiger partial charge >= 0.3 is 5.97 Å². The number of aromatic carboxylic acids is 1. The fraction of sp³-hybridized carbons (Fsp3) is 0.167. The van der Waals surface area contributed by atoms with Gasteiger partial charge in [0, 0.05) is 5.56 Å². The van der Waals surface area contributed by atoms with Gasteiger partial charge in [0.1, 0.15) is 5.56 Å². The lowest BCUT2D eigenvalue weighted by atomic mass is 10.1. The summed E-state index contributed by atoms with van der Waals surface area (Å²) >= 11 is 0. The molecule has 0 aliphatic rings. The van der Waals surface area contributed by atoms with Gasteiger partial charge in [-0.3, -0.25) is 4.68 Å². The molecule has 1 aromatic carbocycles. The topological polar surface area (TPSA) is 75.3 Å². The molecule has 1 heterocycles. The maximum Gasteiger partial charge on any atom is 0.339 e. The number of nitrogens with zero attached hydrogens (tertiary/aromatic N) is 2. The standard InChI is InChI=1S/C12H12N2O3/c15-7-6-14-11(9-4-2-1-3-5-9)10(8-13-14)12(16)17/h1-5,8,15H,6-7H2,(H,16,17). The monoisotopic (exact) mass is 232 g/mol. The van der Waals surface area contributed by atoms with E-state index >= 15 is 0 Å². The Hall–Kier alpha value is -2.14. The van der Waals surface area contributed by atoms with Crippen LogP contribution in [-0.4, -0.2) is 32.6 Å². The molecule has 1 aromatic heterocycles. The summed E-state index contributed by atoms with van der Waals surface area (Å²) in [6, 6.07) is 9.15. The lowest BCUT2D eigenvalue weighted by Gasteiger charge is -2.07. The molecule has 17 heavy (non-hydrogen) atoms. The van der Waals surface area contributed by atoms with E-state index in [-0.39, 0.29) is 18.7 Å². The van der Waals surface area contributed by atoms with Crippen LogP contribution in [0.4, 0.5) is 0 Å². The summed E-state index contributed by atoms with van der Waals surface area (Å²) in [4.78, 5) is 11.1. The molecule has 5 heteroatoms. The number of carboxylic acid groups (broad SMARTS) is 1. The summed E-state index contributed by atoms with van der Waals surface area (Å²) in [7, 11) is 0. The summed E-state index contributed by atoms with van der Waals surface area (Å²) in [5, 5.41) is 22.0. The number of aliphatic hydroxyl groups is 1. The van der Waals surface area contributed by atoms with Crippen LogP contribution < -0.4 is 0 Å². The number of benzene rings is 1. The number of hydrogen-bond donors (Lipinski definition) is 2. The van der Waals surface area contributed by atoms with E-state index in [4.69, 9.17) is 10.2 Å². The van der Waals surface area contributed by atoms with Crippen molar-refractivity contribution < 1.29 is 15.0 Å². The first-order chi connectivity index (χ1) is 8.24. The van der Waals surface area contributed by atoms with E-state index in [2.05, 4.69) is 5.10 Å². The second kappa shape index (κ2) is 4.80. The van der Waals surface area contributed by atoms with Crippen molar-refractivity contribution in [3.05, 3.63) is 42.1 Å². The van der Waals surface area contributed by atoms with Gasteiger partial charge < -0.3 is 10.2 Å². The lowest BCUT2D eigenvalue weighted by Crippen LogP contribution is -2.07. The van der Waals surface area contributed by atoms with Gasteiger partial charge in [0.15, 0.2) is 0 Å². The molecule has 0 saturated heterocycles. The first-order valence-electron chi connectivity index (χ1n) is 5.19. The van der Waals surface area contributed by atoms with E-state index in [9.17, 15) is 4.79 Å². The van der Waals surface area contributed by atoms with Crippen molar-refractivity contribution >= 4 is 5.97 Å². The molecule has 0 aliphatic carbocycles. The van der Waals surface area contributed by atoms with Gasteiger partial charge in [-0.2, -0.15) is 5.10 Å². The fourth-order valence-electron chi connectivity index (χ4n) is 1.71. The lowest BCUT2D eigenvalue weighted by molar-refractivity contribution is 0.0697. The average Bonchev–Trinajstić information content (AvgIpc) is 2.74. The molecule has 2 N–H and O–H groups in total. The van der Waals surface area contributed by atoms with E-state index in [1.807, 2.05) is 30.3 Å². The normalized spacial score (nSPS) is 10.4. The number of carboxylic acids is 1. The van der Waals surface area contributed by atoms with E-state index < -0.39 is 5.97 Å². The van der Waals surface area contributed by atoms with Crippen LogP contribution in [0.25, 0.3) is 11.3 Å². The SMILES string of the molecule is O=C(O)c1cnn(CCO)c1-c1ccccc1. The summed E-state index contributed by atoms with van der Waals surface area (Å²) in [6.07, 6.45) is 1.31. The highest BCUT2D eigenvalue weighted by Gasteiger charge is 2.17. The number of aromatic nitrogens is 2. The smallest absolute Gasteiger partial charge is 0.339 e. The Bertz CT molecular complexity index is 520. The zero-order valence-corrected chi connectivity index (χ0v) is 9.08. The van der Waals surface area contributed by atoms with Crippen molar-refractivity contribution in [2.24, 2.45) is 0 Å². The Labute approximate surface area is 97.9 Å². The first-order valence-corrected chi connectivity index (χ1v) is 5.19. The minimum atomic E-state index is -1.02. The minimum absolute atomic E-state index is 0.0828. The second-order valence-electron chi connectivity index (χ2n) is 3.52. The van der Waals surface area contributed by atoms with E-state index in [1.54, 1.807) is 0 Å². The largest absolute Gasteiger partial charge is 0.478 e. The average molecular weight is 232 g/mol. The van der Waals surface area contributed by atoms with E-state index in [0.29, 0.717) is 5.69 Å². The van der Waals surface area contributed by atoms with Crippen molar-refractivity contribution in [3.8, 4) is 11.3 Å². The van der Waals surface area contributed by atoms with Crippen molar-refractivity contribution in [1.29, 1.82) is 0 Å². The van der Waals surface area contributed by atoms with Crippen LogP contribution in [0.15, 0.2) is 36.5 Å². The van der Waals surface area contributed by atoms with Gasteiger partial charge in [-0.1, -0.05) is 30.3 Å². The number of rotatable bonds is 4. The summed E-state index contributed by atoms with van der Waals surface area (Å²) in [5.41, 5.74) is 1.44. The number of hydrogen-bond acceptors (Lipinski definition) is 3. The summed E-state index contributed by atoms with van der Waals surface area (Å²) in [5.74, 6) is -1.02. The van der Waals surface area contributed by atoms with Crippen LogP contribution in [0, 0.1) is 0 Å². The maximum absolute atomic E-state index is 11.1. The third kappa shape index (κ3) is 2.19. The highest BCUT2D eigenvalue weighted by molar-refractivity contribution is 5.94. The predicted octanol–water partition coefficient (Wildman–Crippen LogP) is 1.24. The third-order valence-corrected chi connectivity index (χ3v) is 2.43. The highest BCUT2D eigenvalue weighted by atomic mass is 16.4. The van der Waals surface area contributed by atoms with Gasteiger partial charge in [0.05, 0.1) is 25.0 Å². The second-order valence-corrected chi connectivity index (χ2v) is 3.52. The van der Waals surface area contributed by atoms with Crippen molar-refractivity contribution in [3.63, 3.8) is 0 Å². The highest BCUT2D eigenvalue weighted by Crippen LogP contribution is 2.23. The molecule has 0 atom stereocenters. The zero-order chi connectivity index (χ0) is 12.3. The van der Waals surface area contributed by atoms with Crippen molar-refractivity contribution in [1.82, 2.24) is 9.78 Å². The molecule has 0 saturated carbocycles. The van der Waals surface area contributed by atoms with Crippen LogP contribution in [0.2, 0.25) is 0 Å². The van der Waals surface area contributed by atoms with Gasteiger partial charge in [0.25, 0.3) is 0 Å². The van der Waals surface area contributed by atoms with E-state index in [1.165, 1.54) is 10.9 Å². The Kier molecular flexibility index (Phi) is 3.20. The minimum Gasteiger partial charge on any atom is -0.478 e. The molecule has 0 aliphatic heterocycles.